The predicted octanol–water partition coefficient (Wildman–Crippen LogP) is 7.07. The van der Waals surface area contributed by atoms with E-state index in [4.69, 9.17) is 0 Å². The van der Waals surface area contributed by atoms with E-state index in [9.17, 15) is 0 Å². The molecule has 1 saturated carbocycles. The molecule has 0 amide bonds. The Morgan fingerprint density at radius 2 is 1.65 bits per heavy atom. The molecule has 0 N–H and O–H groups in total. The third kappa shape index (κ3) is 4.05. The van der Waals surface area contributed by atoms with Gasteiger partial charge in [0.1, 0.15) is 0 Å². The van der Waals surface area contributed by atoms with E-state index < -0.39 is 0 Å². The zero-order chi connectivity index (χ0) is 12.3. The summed E-state index contributed by atoms with van der Waals surface area (Å²) in [4.78, 5) is 1.99. The maximum atomic E-state index is 3.92. The third-order valence-electron chi connectivity index (χ3n) is 3.50. The first-order chi connectivity index (χ1) is 8.18. The van der Waals surface area contributed by atoms with Gasteiger partial charge in [-0.3, -0.25) is 0 Å². The maximum Gasteiger partial charge on any atom is 0.0843 e. The molecule has 0 radical (unpaired) electrons. The van der Waals surface area contributed by atoms with Crippen LogP contribution in [0, 0.1) is 5.92 Å². The van der Waals surface area contributed by atoms with Crippen molar-refractivity contribution in [2.45, 2.75) is 49.8 Å². The first kappa shape index (κ1) is 14.5. The molecule has 0 bridgehead atoms. The van der Waals surface area contributed by atoms with Gasteiger partial charge in [0.05, 0.1) is 8.61 Å². The molecule has 1 heterocycles. The molecular weight excluding hydrogens is 428 g/mol. The SMILES string of the molecule is Brc1cc(C(Br)C2CCCCCCC2)sc1Br. The molecule has 0 nitrogen and oxygen atoms in total. The zero-order valence-corrected chi connectivity index (χ0v) is 15.3. The van der Waals surface area contributed by atoms with E-state index in [2.05, 4.69) is 53.9 Å². The summed E-state index contributed by atoms with van der Waals surface area (Å²) < 4.78 is 2.40. The highest BCUT2D eigenvalue weighted by atomic mass is 79.9. The van der Waals surface area contributed by atoms with Gasteiger partial charge in [0.2, 0.25) is 0 Å². The molecule has 1 aliphatic carbocycles. The van der Waals surface area contributed by atoms with Crippen molar-refractivity contribution in [3.8, 4) is 0 Å². The maximum absolute atomic E-state index is 3.92. The van der Waals surface area contributed by atoms with Crippen molar-refractivity contribution in [1.29, 1.82) is 0 Å². The van der Waals surface area contributed by atoms with E-state index in [0.717, 1.165) is 5.92 Å². The Morgan fingerprint density at radius 3 is 2.18 bits per heavy atom. The highest BCUT2D eigenvalue weighted by Crippen LogP contribution is 2.44. The Bertz CT molecular complexity index is 334. The number of alkyl halides is 1. The van der Waals surface area contributed by atoms with Crippen LogP contribution in [0.3, 0.4) is 0 Å². The summed E-state index contributed by atoms with van der Waals surface area (Å²) in [6.45, 7) is 0. The first-order valence-electron chi connectivity index (χ1n) is 6.27. The summed E-state index contributed by atoms with van der Waals surface area (Å²) in [7, 11) is 0. The third-order valence-corrected chi connectivity index (χ3v) is 8.38. The van der Waals surface area contributed by atoms with Gasteiger partial charge in [-0.05, 0) is 56.7 Å². The minimum Gasteiger partial charge on any atom is -0.131 e. The Balaban J connectivity index is 2.04. The number of hydrogen-bond acceptors (Lipinski definition) is 1. The lowest BCUT2D eigenvalue weighted by atomic mass is 9.88. The van der Waals surface area contributed by atoms with Gasteiger partial charge in [0.15, 0.2) is 0 Å². The fourth-order valence-corrected chi connectivity index (χ4v) is 5.61. The lowest BCUT2D eigenvalue weighted by Gasteiger charge is -2.23. The molecule has 96 valence electrons. The second kappa shape index (κ2) is 7.06. The lowest BCUT2D eigenvalue weighted by molar-refractivity contribution is 0.376. The molecular formula is C13H17Br3S. The van der Waals surface area contributed by atoms with E-state index in [-0.39, 0.29) is 0 Å². The molecule has 4 heteroatoms. The first-order valence-corrected chi connectivity index (χ1v) is 9.59. The van der Waals surface area contributed by atoms with Crippen LogP contribution in [0.4, 0.5) is 0 Å². The number of halogens is 3. The van der Waals surface area contributed by atoms with E-state index in [1.165, 1.54) is 58.1 Å². The van der Waals surface area contributed by atoms with Gasteiger partial charge in [-0.1, -0.05) is 48.0 Å². The molecule has 0 aromatic carbocycles. The molecule has 0 saturated heterocycles. The van der Waals surface area contributed by atoms with Gasteiger partial charge in [0, 0.05) is 9.35 Å². The van der Waals surface area contributed by atoms with Crippen molar-refractivity contribution in [1.82, 2.24) is 0 Å². The topological polar surface area (TPSA) is 0 Å². The molecule has 2 rings (SSSR count). The van der Waals surface area contributed by atoms with Crippen molar-refractivity contribution < 1.29 is 0 Å². The summed E-state index contributed by atoms with van der Waals surface area (Å²) in [6.07, 6.45) is 9.85. The van der Waals surface area contributed by atoms with E-state index >= 15 is 0 Å². The summed E-state index contributed by atoms with van der Waals surface area (Å²) >= 11 is 12.9. The zero-order valence-electron chi connectivity index (χ0n) is 9.72. The number of hydrogen-bond donors (Lipinski definition) is 0. The fourth-order valence-electron chi connectivity index (χ4n) is 2.51. The van der Waals surface area contributed by atoms with Crippen molar-refractivity contribution in [3.05, 3.63) is 19.2 Å². The molecule has 1 aromatic rings. The molecule has 1 atom stereocenters. The molecule has 1 fully saturated rings. The Hall–Kier alpha value is 1.14. The van der Waals surface area contributed by atoms with Crippen molar-refractivity contribution >= 4 is 59.1 Å². The van der Waals surface area contributed by atoms with E-state index in [1.54, 1.807) is 0 Å². The largest absolute Gasteiger partial charge is 0.131 e. The van der Waals surface area contributed by atoms with E-state index in [1.807, 2.05) is 11.3 Å². The lowest BCUT2D eigenvalue weighted by Crippen LogP contribution is -2.09. The van der Waals surface area contributed by atoms with Gasteiger partial charge in [-0.2, -0.15) is 0 Å². The second-order valence-electron chi connectivity index (χ2n) is 4.78. The average Bonchev–Trinajstić information content (AvgIpc) is 2.58. The van der Waals surface area contributed by atoms with Gasteiger partial charge in [-0.25, -0.2) is 0 Å². The Morgan fingerprint density at radius 1 is 1.06 bits per heavy atom. The van der Waals surface area contributed by atoms with Gasteiger partial charge in [0.25, 0.3) is 0 Å². The second-order valence-corrected chi connectivity index (χ2v) is 9.02. The Labute approximate surface area is 133 Å². The van der Waals surface area contributed by atoms with Crippen molar-refractivity contribution in [2.24, 2.45) is 5.92 Å². The fraction of sp³-hybridized carbons (Fsp3) is 0.692. The smallest absolute Gasteiger partial charge is 0.0843 e. The molecule has 1 unspecified atom stereocenters. The van der Waals surface area contributed by atoms with Gasteiger partial charge < -0.3 is 0 Å². The van der Waals surface area contributed by atoms with Gasteiger partial charge in [-0.15, -0.1) is 11.3 Å². The predicted molar refractivity (Wildman–Crippen MR) is 87.2 cm³/mol. The molecule has 0 aliphatic heterocycles. The van der Waals surface area contributed by atoms with Crippen LogP contribution in [-0.4, -0.2) is 0 Å². The molecule has 1 aliphatic rings. The van der Waals surface area contributed by atoms with Crippen LogP contribution in [-0.2, 0) is 0 Å². The summed E-state index contributed by atoms with van der Waals surface area (Å²) in [6, 6.07) is 2.26. The summed E-state index contributed by atoms with van der Waals surface area (Å²) in [5.74, 6) is 0.813. The number of thiophene rings is 1. The van der Waals surface area contributed by atoms with Gasteiger partial charge >= 0.3 is 0 Å². The average molecular weight is 445 g/mol. The van der Waals surface area contributed by atoms with Crippen molar-refractivity contribution in [3.63, 3.8) is 0 Å². The minimum atomic E-state index is 0.535. The quantitative estimate of drug-likeness (QED) is 0.428. The molecule has 1 aromatic heterocycles. The van der Waals surface area contributed by atoms with Crippen molar-refractivity contribution in [2.75, 3.05) is 0 Å². The van der Waals surface area contributed by atoms with Crippen LogP contribution in [0.25, 0.3) is 0 Å². The van der Waals surface area contributed by atoms with Crippen LogP contribution >= 0.6 is 59.1 Å². The van der Waals surface area contributed by atoms with Crippen LogP contribution in [0.1, 0.15) is 54.7 Å². The van der Waals surface area contributed by atoms with Crippen LogP contribution in [0.15, 0.2) is 14.3 Å². The number of rotatable bonds is 2. The molecule has 17 heavy (non-hydrogen) atoms. The minimum absolute atomic E-state index is 0.535. The van der Waals surface area contributed by atoms with Crippen LogP contribution in [0.2, 0.25) is 0 Å². The standard InChI is InChI=1S/C13H17Br3S/c14-10-8-11(17-13(10)16)12(15)9-6-4-2-1-3-5-7-9/h8-9,12H,1-7H2. The van der Waals surface area contributed by atoms with E-state index in [0.29, 0.717) is 4.83 Å². The summed E-state index contributed by atoms with van der Waals surface area (Å²) in [5.41, 5.74) is 0. The monoisotopic (exact) mass is 442 g/mol. The normalized spacial score (nSPS) is 20.9. The summed E-state index contributed by atoms with van der Waals surface area (Å²) in [5, 5.41) is 0. The molecule has 0 spiro atoms. The highest BCUT2D eigenvalue weighted by molar-refractivity contribution is 9.13. The highest BCUT2D eigenvalue weighted by Gasteiger charge is 2.23. The van der Waals surface area contributed by atoms with Crippen LogP contribution in [0.5, 0.6) is 0 Å². The Kier molecular flexibility index (Phi) is 6.05. The van der Waals surface area contributed by atoms with Crippen LogP contribution < -0.4 is 0 Å².